The summed E-state index contributed by atoms with van der Waals surface area (Å²) in [7, 11) is -7.97. The van der Waals surface area contributed by atoms with E-state index in [1.54, 1.807) is 78.2 Å². The maximum Gasteiger partial charge on any atom is 0.339 e. The van der Waals surface area contributed by atoms with Crippen molar-refractivity contribution < 1.29 is 49.5 Å². The number of fused-ring (bicyclic) bond motifs is 6. The van der Waals surface area contributed by atoms with Gasteiger partial charge in [0.05, 0.1) is 11.1 Å². The average Bonchev–Trinajstić information content (AvgIpc) is 4.00. The number of benzene rings is 4. The van der Waals surface area contributed by atoms with Gasteiger partial charge in [0.1, 0.15) is 27.6 Å². The standard InChI is InChI=1S/C31H35NO6S2.C26H27NO5S2/c1-31(2)21-16-20(10-6-3-4-9-13-28(33)34)29(26(31)17-21)32-30(35)25-19-39-27-15-14-22(18-24(25)27)38-40(36,37)23-11-7-5-8-12-23;1-26(2)17-12-16(10-11-28)24(22(26)13-17)27-25(29)21-15-33-23-9-8-18(14-20(21)23)32-34(30,31)19-6-4-3-5-7-19/h3,5-8,11-12,14-15,18-21,26,29H,4,9-10,13,16-17H2,1-2H3,(H,32,35)(H,33,34);3-9,11,14-17,22,24H,10,12-13H2,1-2H3,(H,27,29)/b6-3-;/t20-,21-,26-,29+;16-,17-,22-,24+/m00/s1. The van der Waals surface area contributed by atoms with Gasteiger partial charge in [0, 0.05) is 55.9 Å². The van der Waals surface area contributed by atoms with Crippen LogP contribution < -0.4 is 19.0 Å². The Hall–Kier alpha value is -5.88. The van der Waals surface area contributed by atoms with Gasteiger partial charge in [0.15, 0.2) is 0 Å². The van der Waals surface area contributed by atoms with Crippen LogP contribution in [0.4, 0.5) is 0 Å². The van der Waals surface area contributed by atoms with Crippen LogP contribution in [-0.4, -0.2) is 58.1 Å². The molecule has 6 aliphatic rings. The molecule has 74 heavy (non-hydrogen) atoms. The quantitative estimate of drug-likeness (QED) is 0.0320. The first-order chi connectivity index (χ1) is 35.3. The molecular formula is C57H62N2O11S4. The molecule has 0 saturated heterocycles. The molecule has 0 spiro atoms. The van der Waals surface area contributed by atoms with Gasteiger partial charge in [-0.15, -0.1) is 22.7 Å². The van der Waals surface area contributed by atoms with Crippen molar-refractivity contribution in [2.75, 3.05) is 0 Å². The summed E-state index contributed by atoms with van der Waals surface area (Å²) in [5.41, 5.74) is 1.33. The van der Waals surface area contributed by atoms with Crippen molar-refractivity contribution in [2.24, 2.45) is 46.3 Å². The number of thiophene rings is 2. The molecule has 8 atom stereocenters. The van der Waals surface area contributed by atoms with E-state index in [1.165, 1.54) is 46.9 Å². The lowest BCUT2D eigenvalue weighted by atomic mass is 9.44. The number of rotatable bonds is 18. The van der Waals surface area contributed by atoms with Gasteiger partial charge in [-0.1, -0.05) is 76.2 Å². The smallest absolute Gasteiger partial charge is 0.339 e. The molecule has 6 aliphatic carbocycles. The van der Waals surface area contributed by atoms with Crippen LogP contribution in [0.3, 0.4) is 0 Å². The summed E-state index contributed by atoms with van der Waals surface area (Å²) >= 11 is 2.87. The number of unbranched alkanes of at least 4 members (excludes halogenated alkanes) is 1. The fourth-order valence-electron chi connectivity index (χ4n) is 12.1. The molecular weight excluding hydrogens is 1020 g/mol. The van der Waals surface area contributed by atoms with Gasteiger partial charge < -0.3 is 28.9 Å². The van der Waals surface area contributed by atoms with Crippen LogP contribution >= 0.6 is 22.7 Å². The molecule has 0 aliphatic heterocycles. The topological polar surface area (TPSA) is 199 Å². The van der Waals surface area contributed by atoms with Crippen LogP contribution in [0.15, 0.2) is 130 Å². The van der Waals surface area contributed by atoms with Crippen molar-refractivity contribution in [3.63, 3.8) is 0 Å². The molecule has 13 nitrogen and oxygen atoms in total. The van der Waals surface area contributed by atoms with Gasteiger partial charge in [0.25, 0.3) is 11.8 Å². The number of hydrogen-bond donors (Lipinski definition) is 3. The van der Waals surface area contributed by atoms with Crippen LogP contribution in [0.5, 0.6) is 11.5 Å². The second kappa shape index (κ2) is 21.4. The highest BCUT2D eigenvalue weighted by molar-refractivity contribution is 7.87. The van der Waals surface area contributed by atoms with E-state index < -0.39 is 26.2 Å². The van der Waals surface area contributed by atoms with Crippen molar-refractivity contribution in [3.05, 3.63) is 131 Å². The summed E-state index contributed by atoms with van der Waals surface area (Å²) in [5.74, 6) is 1.64. The fourth-order valence-corrected chi connectivity index (χ4v) is 15.8. The molecule has 6 fully saturated rings. The molecule has 0 unspecified atom stereocenters. The number of amides is 2. The van der Waals surface area contributed by atoms with E-state index >= 15 is 0 Å². The lowest BCUT2D eigenvalue weighted by molar-refractivity contribution is -0.137. The van der Waals surface area contributed by atoms with Crippen LogP contribution in [0.25, 0.3) is 20.2 Å². The van der Waals surface area contributed by atoms with E-state index in [-0.39, 0.29) is 68.4 Å². The van der Waals surface area contributed by atoms with Crippen LogP contribution in [0.1, 0.15) is 106 Å². The Bertz CT molecular complexity index is 3310. The predicted octanol–water partition coefficient (Wildman–Crippen LogP) is 11.7. The molecule has 3 N–H and O–H groups in total. The Kier molecular flexibility index (Phi) is 15.3. The zero-order chi connectivity index (χ0) is 52.6. The Labute approximate surface area is 441 Å². The second-order valence-electron chi connectivity index (χ2n) is 21.4. The molecule has 17 heteroatoms. The lowest BCUT2D eigenvalue weighted by Crippen LogP contribution is -2.63. The van der Waals surface area contributed by atoms with Crippen molar-refractivity contribution in [2.45, 2.75) is 107 Å². The van der Waals surface area contributed by atoms with Crippen molar-refractivity contribution in [1.82, 2.24) is 10.6 Å². The minimum Gasteiger partial charge on any atom is -0.481 e. The van der Waals surface area contributed by atoms with Gasteiger partial charge in [0.2, 0.25) is 0 Å². The third kappa shape index (κ3) is 10.9. The minimum atomic E-state index is -3.99. The zero-order valence-corrected chi connectivity index (χ0v) is 45.0. The van der Waals surface area contributed by atoms with E-state index in [4.69, 9.17) is 13.5 Å². The normalized spacial score (nSPS) is 24.4. The second-order valence-corrected chi connectivity index (χ2v) is 26.3. The molecule has 6 saturated carbocycles. The zero-order valence-electron chi connectivity index (χ0n) is 41.8. The van der Waals surface area contributed by atoms with Gasteiger partial charge in [-0.2, -0.15) is 16.8 Å². The number of carbonyl (C=O) groups is 4. The SMILES string of the molecule is CC1(C)[C@H]2C[C@H](C/C=C\CCCC(=O)O)[C@@H](NC(=O)c3csc4ccc(OS(=O)(=O)c5ccccc5)cc34)[C@@H]1C2.CC1(C)[C@H]2C[C@H](CC=O)[C@@H](NC(=O)c3csc4ccc(OS(=O)(=O)c5ccccc5)cc34)[C@@H]1C2. The maximum atomic E-state index is 13.7. The maximum absolute atomic E-state index is 13.7. The minimum absolute atomic E-state index is 0.0315. The largest absolute Gasteiger partial charge is 0.481 e. The molecule has 2 aromatic heterocycles. The lowest BCUT2D eigenvalue weighted by Gasteiger charge is -2.62. The first kappa shape index (κ1) is 53.0. The molecule has 2 heterocycles. The molecule has 4 bridgehead atoms. The number of aldehydes is 1. The van der Waals surface area contributed by atoms with Crippen molar-refractivity contribution in [3.8, 4) is 11.5 Å². The number of aliphatic carboxylic acids is 1. The van der Waals surface area contributed by atoms with Crippen LogP contribution in [0.2, 0.25) is 0 Å². The summed E-state index contributed by atoms with van der Waals surface area (Å²) in [6.07, 6.45) is 12.2. The Morgan fingerprint density at radius 3 is 1.50 bits per heavy atom. The summed E-state index contributed by atoms with van der Waals surface area (Å²) in [6, 6.07) is 25.9. The number of carboxylic acids is 1. The van der Waals surface area contributed by atoms with Crippen molar-refractivity contribution >= 4 is 87.2 Å². The summed E-state index contributed by atoms with van der Waals surface area (Å²) in [6.45, 7) is 9.08. The van der Waals surface area contributed by atoms with Gasteiger partial charge >= 0.3 is 26.2 Å². The number of hydrogen-bond acceptors (Lipinski definition) is 12. The highest BCUT2D eigenvalue weighted by Gasteiger charge is 2.59. The fraction of sp³-hybridized carbons (Fsp3) is 0.404. The third-order valence-electron chi connectivity index (χ3n) is 16.6. The van der Waals surface area contributed by atoms with E-state index in [1.807, 2.05) is 5.38 Å². The summed E-state index contributed by atoms with van der Waals surface area (Å²) in [5, 5.41) is 20.4. The van der Waals surface area contributed by atoms with E-state index in [0.717, 1.165) is 54.2 Å². The Morgan fingerprint density at radius 1 is 0.635 bits per heavy atom. The van der Waals surface area contributed by atoms with Crippen LogP contribution in [0, 0.1) is 46.3 Å². The van der Waals surface area contributed by atoms with E-state index in [9.17, 15) is 36.0 Å². The third-order valence-corrected chi connectivity index (χ3v) is 21.0. The highest BCUT2D eigenvalue weighted by atomic mass is 32.2. The number of carbonyl (C=O) groups excluding carboxylic acids is 3. The first-order valence-electron chi connectivity index (χ1n) is 25.2. The predicted molar refractivity (Wildman–Crippen MR) is 288 cm³/mol. The summed E-state index contributed by atoms with van der Waals surface area (Å²) in [4.78, 5) is 49.2. The van der Waals surface area contributed by atoms with Gasteiger partial charge in [-0.05, 0) is 152 Å². The number of carboxylic acid groups (broad SMARTS) is 1. The van der Waals surface area contributed by atoms with Crippen molar-refractivity contribution in [1.29, 1.82) is 0 Å². The van der Waals surface area contributed by atoms with E-state index in [0.29, 0.717) is 64.3 Å². The number of nitrogens with one attached hydrogen (secondary N) is 2. The Balaban J connectivity index is 0.000000184. The molecule has 390 valence electrons. The Morgan fingerprint density at radius 2 is 1.08 bits per heavy atom. The first-order valence-corrected chi connectivity index (χ1v) is 29.8. The van der Waals surface area contributed by atoms with E-state index in [2.05, 4.69) is 50.5 Å². The molecule has 6 aromatic rings. The highest BCUT2D eigenvalue weighted by Crippen LogP contribution is 2.62. The monoisotopic (exact) mass is 1080 g/mol. The number of allylic oxidation sites excluding steroid dienone is 2. The van der Waals surface area contributed by atoms with Crippen LogP contribution in [-0.2, 0) is 29.8 Å². The van der Waals surface area contributed by atoms with Gasteiger partial charge in [-0.3, -0.25) is 14.4 Å². The average molecular weight is 1080 g/mol. The molecule has 2 amide bonds. The molecule has 12 rings (SSSR count). The van der Waals surface area contributed by atoms with Gasteiger partial charge in [-0.25, -0.2) is 0 Å². The summed E-state index contributed by atoms with van der Waals surface area (Å²) < 4.78 is 63.2. The molecule has 4 aromatic carbocycles. The molecule has 0 radical (unpaired) electrons.